The van der Waals surface area contributed by atoms with Gasteiger partial charge in [-0.1, -0.05) is 36.4 Å². The molecule has 1 heterocycles. The van der Waals surface area contributed by atoms with E-state index in [1.54, 1.807) is 13.8 Å². The lowest BCUT2D eigenvalue weighted by molar-refractivity contribution is -0.124. The van der Waals surface area contributed by atoms with Crippen LogP contribution in [0.3, 0.4) is 0 Å². The van der Waals surface area contributed by atoms with E-state index >= 15 is 0 Å². The van der Waals surface area contributed by atoms with Crippen LogP contribution in [0.2, 0.25) is 0 Å². The Bertz CT molecular complexity index is 631. The van der Waals surface area contributed by atoms with Crippen molar-refractivity contribution in [1.82, 2.24) is 5.32 Å². The Balaban J connectivity index is 0.000000172. The largest absolute Gasteiger partial charge is 0.457 e. The summed E-state index contributed by atoms with van der Waals surface area (Å²) in [5, 5.41) is 2.16. The molecule has 0 aliphatic carbocycles. The Morgan fingerprint density at radius 2 is 1.05 bits per heavy atom. The zero-order chi connectivity index (χ0) is 15.9. The number of benzene rings is 2. The number of imide groups is 1. The maximum Gasteiger partial charge on any atom is 0.254 e. The van der Waals surface area contributed by atoms with Crippen LogP contribution in [0, 0.1) is 0 Å². The molecule has 4 heteroatoms. The lowest BCUT2D eigenvalue weighted by Gasteiger charge is -2.03. The first-order valence-corrected chi connectivity index (χ1v) is 6.89. The third-order valence-electron chi connectivity index (χ3n) is 3.19. The van der Waals surface area contributed by atoms with Crippen LogP contribution in [0.25, 0.3) is 0 Å². The summed E-state index contributed by atoms with van der Waals surface area (Å²) in [6, 6.07) is 19.5. The standard InChI is InChI=1S/C12H10O.C6H7NO2/c1-3-7-11(8-4-1)13-12-9-5-2-6-10-12;1-3-4(2)6(9)7-5(3)8/h1-10H;1-2H3,(H,7,8,9). The van der Waals surface area contributed by atoms with E-state index in [-0.39, 0.29) is 11.8 Å². The molecule has 22 heavy (non-hydrogen) atoms. The van der Waals surface area contributed by atoms with E-state index < -0.39 is 0 Å². The summed E-state index contributed by atoms with van der Waals surface area (Å²) in [7, 11) is 0. The number of hydrogen-bond donors (Lipinski definition) is 1. The summed E-state index contributed by atoms with van der Waals surface area (Å²) in [6.07, 6.45) is 0. The number of ether oxygens (including phenoxy) is 1. The molecule has 2 aromatic carbocycles. The fourth-order valence-electron chi connectivity index (χ4n) is 1.74. The molecule has 1 aliphatic heterocycles. The second-order valence-corrected chi connectivity index (χ2v) is 4.76. The molecule has 3 rings (SSSR count). The van der Waals surface area contributed by atoms with Gasteiger partial charge >= 0.3 is 0 Å². The van der Waals surface area contributed by atoms with Crippen LogP contribution >= 0.6 is 0 Å². The normalized spacial score (nSPS) is 13.4. The molecular weight excluding hydrogens is 278 g/mol. The Kier molecular flexibility index (Phi) is 5.09. The fraction of sp³-hybridized carbons (Fsp3) is 0.111. The van der Waals surface area contributed by atoms with Gasteiger partial charge in [0.2, 0.25) is 0 Å². The third-order valence-corrected chi connectivity index (χ3v) is 3.19. The smallest absolute Gasteiger partial charge is 0.254 e. The first-order valence-electron chi connectivity index (χ1n) is 6.89. The van der Waals surface area contributed by atoms with Crippen LogP contribution in [-0.2, 0) is 9.59 Å². The summed E-state index contributed by atoms with van der Waals surface area (Å²) in [5.74, 6) is 1.21. The van der Waals surface area contributed by atoms with Gasteiger partial charge in [0.25, 0.3) is 11.8 Å². The quantitative estimate of drug-likeness (QED) is 0.863. The Labute approximate surface area is 129 Å². The number of hydrogen-bond acceptors (Lipinski definition) is 3. The highest BCUT2D eigenvalue weighted by atomic mass is 16.5. The molecule has 2 aromatic rings. The minimum absolute atomic E-state index is 0.266. The fourth-order valence-corrected chi connectivity index (χ4v) is 1.74. The van der Waals surface area contributed by atoms with Crippen LogP contribution in [0.5, 0.6) is 11.5 Å². The van der Waals surface area contributed by atoms with Crippen LogP contribution in [0.4, 0.5) is 0 Å². The Hall–Kier alpha value is -2.88. The molecule has 0 unspecified atom stereocenters. The van der Waals surface area contributed by atoms with Crippen molar-refractivity contribution in [3.63, 3.8) is 0 Å². The van der Waals surface area contributed by atoms with Crippen LogP contribution < -0.4 is 10.1 Å². The molecule has 1 N–H and O–H groups in total. The monoisotopic (exact) mass is 295 g/mol. The number of carbonyl (C=O) groups excluding carboxylic acids is 2. The van der Waals surface area contributed by atoms with Crippen molar-refractivity contribution in [2.45, 2.75) is 13.8 Å². The highest BCUT2D eigenvalue weighted by Crippen LogP contribution is 2.19. The molecule has 0 spiro atoms. The molecule has 0 bridgehead atoms. The minimum atomic E-state index is -0.266. The molecule has 1 aliphatic rings. The summed E-state index contributed by atoms with van der Waals surface area (Å²) in [6.45, 7) is 3.27. The van der Waals surface area contributed by atoms with Crippen LogP contribution in [0.15, 0.2) is 71.8 Å². The summed E-state index contributed by atoms with van der Waals surface area (Å²) in [5.41, 5.74) is 1.06. The summed E-state index contributed by atoms with van der Waals surface area (Å²) in [4.78, 5) is 21.2. The van der Waals surface area contributed by atoms with Crippen molar-refractivity contribution in [2.24, 2.45) is 0 Å². The van der Waals surface area contributed by atoms with Crippen molar-refractivity contribution in [2.75, 3.05) is 0 Å². The predicted octanol–water partition coefficient (Wildman–Crippen LogP) is 3.46. The zero-order valence-electron chi connectivity index (χ0n) is 12.5. The molecule has 0 fully saturated rings. The van der Waals surface area contributed by atoms with Gasteiger partial charge in [-0.05, 0) is 38.1 Å². The third kappa shape index (κ3) is 4.06. The first-order chi connectivity index (χ1) is 10.6. The van der Waals surface area contributed by atoms with Crippen molar-refractivity contribution in [1.29, 1.82) is 0 Å². The van der Waals surface area contributed by atoms with E-state index in [1.807, 2.05) is 60.7 Å². The molecule has 0 saturated carbocycles. The molecule has 2 amide bonds. The van der Waals surface area contributed by atoms with Crippen molar-refractivity contribution in [3.8, 4) is 11.5 Å². The SMILES string of the molecule is CC1=C(C)C(=O)NC1=O.c1ccc(Oc2ccccc2)cc1. The zero-order valence-corrected chi connectivity index (χ0v) is 12.5. The number of amides is 2. The second-order valence-electron chi connectivity index (χ2n) is 4.76. The lowest BCUT2D eigenvalue weighted by Crippen LogP contribution is -2.22. The molecule has 112 valence electrons. The van der Waals surface area contributed by atoms with E-state index in [4.69, 9.17) is 4.74 Å². The van der Waals surface area contributed by atoms with Crippen molar-refractivity contribution >= 4 is 11.8 Å². The van der Waals surface area contributed by atoms with E-state index in [2.05, 4.69) is 5.32 Å². The molecular formula is C18H17NO3. The maximum absolute atomic E-state index is 10.6. The molecule has 0 saturated heterocycles. The number of para-hydroxylation sites is 2. The molecule has 4 nitrogen and oxygen atoms in total. The van der Waals surface area contributed by atoms with Gasteiger partial charge in [-0.2, -0.15) is 0 Å². The van der Waals surface area contributed by atoms with Gasteiger partial charge < -0.3 is 4.74 Å². The van der Waals surface area contributed by atoms with Gasteiger partial charge in [0, 0.05) is 11.1 Å². The van der Waals surface area contributed by atoms with Gasteiger partial charge in [0.15, 0.2) is 0 Å². The average Bonchev–Trinajstić information content (AvgIpc) is 2.76. The molecule has 0 atom stereocenters. The Morgan fingerprint density at radius 1 is 0.682 bits per heavy atom. The lowest BCUT2D eigenvalue weighted by atomic mass is 10.2. The second kappa shape index (κ2) is 7.22. The van der Waals surface area contributed by atoms with Gasteiger partial charge in [-0.3, -0.25) is 14.9 Å². The summed E-state index contributed by atoms with van der Waals surface area (Å²) < 4.78 is 5.58. The van der Waals surface area contributed by atoms with Gasteiger partial charge in [0.05, 0.1) is 0 Å². The van der Waals surface area contributed by atoms with Crippen molar-refractivity contribution < 1.29 is 14.3 Å². The van der Waals surface area contributed by atoms with E-state index in [0.717, 1.165) is 11.5 Å². The maximum atomic E-state index is 10.6. The topological polar surface area (TPSA) is 55.4 Å². The van der Waals surface area contributed by atoms with Gasteiger partial charge in [0.1, 0.15) is 11.5 Å². The predicted molar refractivity (Wildman–Crippen MR) is 84.5 cm³/mol. The van der Waals surface area contributed by atoms with Crippen LogP contribution in [0.1, 0.15) is 13.8 Å². The number of nitrogens with one attached hydrogen (secondary N) is 1. The van der Waals surface area contributed by atoms with E-state index in [0.29, 0.717) is 11.1 Å². The van der Waals surface area contributed by atoms with E-state index in [9.17, 15) is 9.59 Å². The van der Waals surface area contributed by atoms with E-state index in [1.165, 1.54) is 0 Å². The highest BCUT2D eigenvalue weighted by molar-refractivity contribution is 6.18. The van der Waals surface area contributed by atoms with Crippen molar-refractivity contribution in [3.05, 3.63) is 71.8 Å². The first kappa shape index (κ1) is 15.5. The van der Waals surface area contributed by atoms with Crippen LogP contribution in [-0.4, -0.2) is 11.8 Å². The molecule has 0 radical (unpaired) electrons. The van der Waals surface area contributed by atoms with Gasteiger partial charge in [-0.15, -0.1) is 0 Å². The number of carbonyl (C=O) groups is 2. The Morgan fingerprint density at radius 3 is 1.32 bits per heavy atom. The molecule has 0 aromatic heterocycles. The highest BCUT2D eigenvalue weighted by Gasteiger charge is 2.22. The minimum Gasteiger partial charge on any atom is -0.457 e. The summed E-state index contributed by atoms with van der Waals surface area (Å²) >= 11 is 0. The van der Waals surface area contributed by atoms with Gasteiger partial charge in [-0.25, -0.2) is 0 Å². The average molecular weight is 295 g/mol. The number of rotatable bonds is 2.